The third-order valence-electron chi connectivity index (χ3n) is 7.89. The van der Waals surface area contributed by atoms with Gasteiger partial charge in [0.05, 0.1) is 38.1 Å². The molecule has 1 aliphatic rings. The van der Waals surface area contributed by atoms with Gasteiger partial charge in [-0.1, -0.05) is 114 Å². The third-order valence-corrected chi connectivity index (χ3v) is 7.89. The van der Waals surface area contributed by atoms with Crippen molar-refractivity contribution in [3.8, 4) is 0 Å². The molecule has 7 nitrogen and oxygen atoms in total. The molecule has 1 aliphatic heterocycles. The molecular weight excluding hydrogens is 544 g/mol. The molecular formula is C36H52O7. The van der Waals surface area contributed by atoms with Crippen LogP contribution in [0.5, 0.6) is 0 Å². The van der Waals surface area contributed by atoms with Crippen LogP contribution in [0.4, 0.5) is 0 Å². The number of carbonyl (C=O) groups excluding carboxylic acids is 2. The van der Waals surface area contributed by atoms with Crippen molar-refractivity contribution in [2.45, 2.75) is 123 Å². The molecule has 238 valence electrons. The van der Waals surface area contributed by atoms with Crippen molar-refractivity contribution in [1.29, 1.82) is 0 Å². The summed E-state index contributed by atoms with van der Waals surface area (Å²) < 4.78 is 31.1. The van der Waals surface area contributed by atoms with Crippen LogP contribution in [0.1, 0.15) is 96.6 Å². The summed E-state index contributed by atoms with van der Waals surface area (Å²) in [7, 11) is 0. The second kappa shape index (κ2) is 19.5. The van der Waals surface area contributed by atoms with Crippen molar-refractivity contribution in [1.82, 2.24) is 0 Å². The van der Waals surface area contributed by atoms with Gasteiger partial charge in [-0.2, -0.15) is 0 Å². The molecule has 7 heteroatoms. The maximum absolute atomic E-state index is 13.5. The molecule has 0 bridgehead atoms. The van der Waals surface area contributed by atoms with E-state index in [-0.39, 0.29) is 36.8 Å². The van der Waals surface area contributed by atoms with Crippen LogP contribution in [0, 0.1) is 11.8 Å². The minimum atomic E-state index is -0.862. The molecule has 0 amide bonds. The number of benzene rings is 2. The molecule has 0 unspecified atom stereocenters. The Hall–Kier alpha value is -2.74. The molecule has 2 aromatic rings. The number of esters is 2. The first kappa shape index (κ1) is 34.7. The Kier molecular flexibility index (Phi) is 15.8. The molecule has 3 rings (SSSR count). The Labute approximate surface area is 258 Å². The lowest BCUT2D eigenvalue weighted by Crippen LogP contribution is -2.54. The van der Waals surface area contributed by atoms with Crippen LogP contribution in [0.25, 0.3) is 0 Å². The molecule has 0 aromatic heterocycles. The highest BCUT2D eigenvalue weighted by Crippen LogP contribution is 2.30. The molecule has 0 radical (unpaired) electrons. The fourth-order valence-corrected chi connectivity index (χ4v) is 5.69. The van der Waals surface area contributed by atoms with Crippen LogP contribution < -0.4 is 0 Å². The van der Waals surface area contributed by atoms with Gasteiger partial charge in [0, 0.05) is 0 Å². The van der Waals surface area contributed by atoms with E-state index in [9.17, 15) is 9.59 Å². The maximum Gasteiger partial charge on any atom is 0.311 e. The van der Waals surface area contributed by atoms with Gasteiger partial charge in [-0.05, 0) is 36.8 Å². The average Bonchev–Trinajstić information content (AvgIpc) is 3.01. The van der Waals surface area contributed by atoms with Crippen molar-refractivity contribution in [3.63, 3.8) is 0 Å². The van der Waals surface area contributed by atoms with E-state index in [4.69, 9.17) is 23.7 Å². The van der Waals surface area contributed by atoms with Crippen molar-refractivity contribution in [3.05, 3.63) is 71.8 Å². The SMILES string of the molecule is CCCC(CCC)C(=O)O[C@H]1C[C@@H](OC(=O)C(CCC)CCC)[C@H](OCc2ccccc2)[C@@H](COCc2ccccc2)O1. The minimum absolute atomic E-state index is 0.181. The van der Waals surface area contributed by atoms with Crippen molar-refractivity contribution >= 4 is 11.9 Å². The molecule has 0 N–H and O–H groups in total. The molecule has 1 heterocycles. The average molecular weight is 597 g/mol. The summed E-state index contributed by atoms with van der Waals surface area (Å²) in [5, 5.41) is 0. The van der Waals surface area contributed by atoms with Gasteiger partial charge in [0.2, 0.25) is 6.29 Å². The predicted molar refractivity (Wildman–Crippen MR) is 167 cm³/mol. The maximum atomic E-state index is 13.5. The lowest BCUT2D eigenvalue weighted by atomic mass is 9.97. The lowest BCUT2D eigenvalue weighted by Gasteiger charge is -2.41. The largest absolute Gasteiger partial charge is 0.459 e. The van der Waals surface area contributed by atoms with Crippen LogP contribution in [-0.2, 0) is 46.5 Å². The van der Waals surface area contributed by atoms with E-state index in [0.717, 1.165) is 62.5 Å². The monoisotopic (exact) mass is 596 g/mol. The Morgan fingerprint density at radius 1 is 0.721 bits per heavy atom. The number of carbonyl (C=O) groups is 2. The van der Waals surface area contributed by atoms with E-state index in [0.29, 0.717) is 13.2 Å². The highest BCUT2D eigenvalue weighted by atomic mass is 16.7. The molecule has 1 fully saturated rings. The second-order valence-corrected chi connectivity index (χ2v) is 11.6. The van der Waals surface area contributed by atoms with Gasteiger partial charge in [-0.3, -0.25) is 9.59 Å². The topological polar surface area (TPSA) is 80.3 Å². The fraction of sp³-hybridized carbons (Fsp3) is 0.611. The van der Waals surface area contributed by atoms with Gasteiger partial charge in [-0.25, -0.2) is 0 Å². The van der Waals surface area contributed by atoms with Crippen LogP contribution in [-0.4, -0.2) is 43.1 Å². The van der Waals surface area contributed by atoms with E-state index in [2.05, 4.69) is 27.7 Å². The third kappa shape index (κ3) is 11.7. The number of hydrogen-bond donors (Lipinski definition) is 0. The number of hydrogen-bond acceptors (Lipinski definition) is 7. The van der Waals surface area contributed by atoms with Gasteiger partial charge >= 0.3 is 11.9 Å². The zero-order valence-corrected chi connectivity index (χ0v) is 26.6. The Morgan fingerprint density at radius 3 is 1.72 bits per heavy atom. The highest BCUT2D eigenvalue weighted by molar-refractivity contribution is 5.73. The van der Waals surface area contributed by atoms with E-state index in [1.807, 2.05) is 60.7 Å². The summed E-state index contributed by atoms with van der Waals surface area (Å²) in [6.45, 7) is 9.21. The van der Waals surface area contributed by atoms with Crippen LogP contribution in [0.3, 0.4) is 0 Å². The zero-order chi connectivity index (χ0) is 30.9. The quantitative estimate of drug-likeness (QED) is 0.153. The van der Waals surface area contributed by atoms with Crippen LogP contribution in [0.2, 0.25) is 0 Å². The number of rotatable bonds is 19. The second-order valence-electron chi connectivity index (χ2n) is 11.6. The molecule has 43 heavy (non-hydrogen) atoms. The minimum Gasteiger partial charge on any atom is -0.459 e. The first-order valence-corrected chi connectivity index (χ1v) is 16.3. The Balaban J connectivity index is 1.84. The van der Waals surface area contributed by atoms with Gasteiger partial charge < -0.3 is 23.7 Å². The summed E-state index contributed by atoms with van der Waals surface area (Å²) in [4.78, 5) is 26.7. The van der Waals surface area contributed by atoms with Gasteiger partial charge in [-0.15, -0.1) is 0 Å². The van der Waals surface area contributed by atoms with E-state index >= 15 is 0 Å². The van der Waals surface area contributed by atoms with E-state index in [1.165, 1.54) is 0 Å². The summed E-state index contributed by atoms with van der Waals surface area (Å²) in [5.74, 6) is -0.855. The molecule has 2 aromatic carbocycles. The fourth-order valence-electron chi connectivity index (χ4n) is 5.69. The molecule has 0 spiro atoms. The van der Waals surface area contributed by atoms with Crippen LogP contribution in [0.15, 0.2) is 60.7 Å². The summed E-state index contributed by atoms with van der Waals surface area (Å²) in [6, 6.07) is 19.8. The summed E-state index contributed by atoms with van der Waals surface area (Å²) >= 11 is 0. The van der Waals surface area contributed by atoms with E-state index < -0.39 is 24.6 Å². The zero-order valence-electron chi connectivity index (χ0n) is 26.6. The predicted octanol–water partition coefficient (Wildman–Crippen LogP) is 7.79. The summed E-state index contributed by atoms with van der Waals surface area (Å²) in [5.41, 5.74) is 2.04. The number of ether oxygens (including phenoxy) is 5. The molecule has 0 saturated carbocycles. The molecule has 1 saturated heterocycles. The van der Waals surface area contributed by atoms with Crippen LogP contribution >= 0.6 is 0 Å². The van der Waals surface area contributed by atoms with Gasteiger partial charge in [0.15, 0.2) is 0 Å². The highest BCUT2D eigenvalue weighted by Gasteiger charge is 2.44. The smallest absolute Gasteiger partial charge is 0.311 e. The van der Waals surface area contributed by atoms with E-state index in [1.54, 1.807) is 0 Å². The first-order chi connectivity index (χ1) is 21.0. The van der Waals surface area contributed by atoms with Crippen molar-refractivity contribution in [2.75, 3.05) is 6.61 Å². The Bertz CT molecular complexity index is 1030. The first-order valence-electron chi connectivity index (χ1n) is 16.3. The molecule has 0 aliphatic carbocycles. The van der Waals surface area contributed by atoms with Crippen molar-refractivity contribution < 1.29 is 33.3 Å². The Morgan fingerprint density at radius 2 is 1.21 bits per heavy atom. The standard InChI is InChI=1S/C36H52O7/c1-5-15-29(16-6-2)35(37)42-31-23-33(43-36(38)30(17-7-3)18-8-4)41-32(26-39-24-27-19-11-9-12-20-27)34(31)40-25-28-21-13-10-14-22-28/h9-14,19-22,29-34H,5-8,15-18,23-26H2,1-4H3/t31-,32-,33+,34+/m1/s1. The van der Waals surface area contributed by atoms with Gasteiger partial charge in [0.1, 0.15) is 18.3 Å². The lowest BCUT2D eigenvalue weighted by molar-refractivity contribution is -0.269. The molecule has 4 atom stereocenters. The van der Waals surface area contributed by atoms with Crippen molar-refractivity contribution in [2.24, 2.45) is 11.8 Å². The summed E-state index contributed by atoms with van der Waals surface area (Å²) in [6.07, 6.45) is 4.14. The van der Waals surface area contributed by atoms with Gasteiger partial charge in [0.25, 0.3) is 0 Å². The normalized spacial score (nSPS) is 20.3.